The van der Waals surface area contributed by atoms with Crippen molar-refractivity contribution in [2.45, 2.75) is 36.5 Å². The molecule has 4 heteroatoms. The molecule has 0 amide bonds. The summed E-state index contributed by atoms with van der Waals surface area (Å²) < 4.78 is 29.4. The van der Waals surface area contributed by atoms with Gasteiger partial charge in [0.15, 0.2) is 0 Å². The van der Waals surface area contributed by atoms with Gasteiger partial charge in [0.1, 0.15) is 10.6 Å². The van der Waals surface area contributed by atoms with E-state index in [1.807, 2.05) is 12.1 Å². The summed E-state index contributed by atoms with van der Waals surface area (Å²) in [5.74, 6) is 0.977. The molecule has 0 saturated heterocycles. The van der Waals surface area contributed by atoms with Crippen LogP contribution in [0.1, 0.15) is 37.2 Å². The molecule has 1 aliphatic rings. The van der Waals surface area contributed by atoms with Gasteiger partial charge in [0.25, 0.3) is 0 Å². The van der Waals surface area contributed by atoms with E-state index in [2.05, 4.69) is 0 Å². The molecule has 0 spiro atoms. The number of hydrogen-bond donors (Lipinski definition) is 0. The smallest absolute Gasteiger partial charge is 0.339 e. The summed E-state index contributed by atoms with van der Waals surface area (Å²) in [6.07, 6.45) is 5.02. The van der Waals surface area contributed by atoms with Gasteiger partial charge in [0.2, 0.25) is 0 Å². The molecule has 0 N–H and O–H groups in total. The van der Waals surface area contributed by atoms with E-state index in [1.54, 1.807) is 30.3 Å². The molecule has 21 heavy (non-hydrogen) atoms. The zero-order valence-corrected chi connectivity index (χ0v) is 12.6. The molecule has 0 aromatic heterocycles. The van der Waals surface area contributed by atoms with Crippen LogP contribution >= 0.6 is 0 Å². The Morgan fingerprint density at radius 2 is 1.48 bits per heavy atom. The standard InChI is InChI=1S/C17H18O3S/c18-21(19,17-8-2-1-3-9-17)20-16-12-10-15(11-13-16)14-6-4-5-7-14/h1-3,8-14H,4-7H2. The van der Waals surface area contributed by atoms with Crippen LogP contribution in [0.25, 0.3) is 0 Å². The van der Waals surface area contributed by atoms with Crippen LogP contribution in [-0.2, 0) is 10.1 Å². The molecule has 2 aromatic rings. The van der Waals surface area contributed by atoms with Crippen LogP contribution in [-0.4, -0.2) is 8.42 Å². The summed E-state index contributed by atoms with van der Waals surface area (Å²) in [5, 5.41) is 0. The lowest BCUT2D eigenvalue weighted by Gasteiger charge is -2.11. The monoisotopic (exact) mass is 302 g/mol. The van der Waals surface area contributed by atoms with Crippen molar-refractivity contribution in [3.63, 3.8) is 0 Å². The van der Waals surface area contributed by atoms with E-state index >= 15 is 0 Å². The average Bonchev–Trinajstić information content (AvgIpc) is 3.03. The van der Waals surface area contributed by atoms with Crippen LogP contribution in [0.15, 0.2) is 59.5 Å². The fourth-order valence-electron chi connectivity index (χ4n) is 2.82. The molecule has 1 saturated carbocycles. The molecule has 0 unspecified atom stereocenters. The van der Waals surface area contributed by atoms with Crippen LogP contribution in [0.3, 0.4) is 0 Å². The van der Waals surface area contributed by atoms with Gasteiger partial charge in [0, 0.05) is 0 Å². The molecule has 0 aliphatic heterocycles. The van der Waals surface area contributed by atoms with Crippen LogP contribution in [0.5, 0.6) is 5.75 Å². The summed E-state index contributed by atoms with van der Waals surface area (Å²) in [5.41, 5.74) is 1.27. The van der Waals surface area contributed by atoms with Gasteiger partial charge in [-0.3, -0.25) is 0 Å². The lowest BCUT2D eigenvalue weighted by Crippen LogP contribution is -2.09. The maximum atomic E-state index is 12.1. The Bertz CT molecular complexity index is 685. The summed E-state index contributed by atoms with van der Waals surface area (Å²) >= 11 is 0. The highest BCUT2D eigenvalue weighted by atomic mass is 32.2. The Morgan fingerprint density at radius 3 is 2.10 bits per heavy atom. The molecule has 0 atom stereocenters. The van der Waals surface area contributed by atoms with Gasteiger partial charge in [-0.2, -0.15) is 8.42 Å². The van der Waals surface area contributed by atoms with Crippen LogP contribution in [0, 0.1) is 0 Å². The second kappa shape index (κ2) is 5.90. The minimum atomic E-state index is -3.75. The number of benzene rings is 2. The van der Waals surface area contributed by atoms with Crippen molar-refractivity contribution in [2.24, 2.45) is 0 Å². The van der Waals surface area contributed by atoms with E-state index in [0.29, 0.717) is 11.7 Å². The Morgan fingerprint density at radius 1 is 0.857 bits per heavy atom. The minimum absolute atomic E-state index is 0.171. The van der Waals surface area contributed by atoms with Crippen molar-refractivity contribution in [1.82, 2.24) is 0 Å². The third-order valence-corrected chi connectivity index (χ3v) is 5.21. The highest BCUT2D eigenvalue weighted by Crippen LogP contribution is 2.34. The molecule has 0 radical (unpaired) electrons. The zero-order chi connectivity index (χ0) is 14.7. The van der Waals surface area contributed by atoms with Gasteiger partial charge in [0.05, 0.1) is 0 Å². The Labute approximate surface area is 125 Å². The van der Waals surface area contributed by atoms with Gasteiger partial charge in [-0.15, -0.1) is 0 Å². The number of hydrogen-bond acceptors (Lipinski definition) is 3. The topological polar surface area (TPSA) is 43.4 Å². The van der Waals surface area contributed by atoms with E-state index in [-0.39, 0.29) is 4.90 Å². The number of rotatable bonds is 4. The fraction of sp³-hybridized carbons (Fsp3) is 0.294. The molecule has 1 aliphatic carbocycles. The Kier molecular flexibility index (Phi) is 3.97. The summed E-state index contributed by atoms with van der Waals surface area (Å²) in [6.45, 7) is 0. The van der Waals surface area contributed by atoms with Crippen LogP contribution < -0.4 is 4.18 Å². The van der Waals surface area contributed by atoms with Crippen molar-refractivity contribution in [1.29, 1.82) is 0 Å². The van der Waals surface area contributed by atoms with Crippen LogP contribution in [0.4, 0.5) is 0 Å². The first kappa shape index (κ1) is 14.1. The third-order valence-electron chi connectivity index (χ3n) is 3.94. The fourth-order valence-corrected chi connectivity index (χ4v) is 3.77. The molecular weight excluding hydrogens is 284 g/mol. The molecule has 110 valence electrons. The molecule has 0 heterocycles. The van der Waals surface area contributed by atoms with Crippen molar-refractivity contribution in [3.8, 4) is 5.75 Å². The van der Waals surface area contributed by atoms with Gasteiger partial charge >= 0.3 is 10.1 Å². The quantitative estimate of drug-likeness (QED) is 0.798. The first-order chi connectivity index (χ1) is 10.1. The summed E-state index contributed by atoms with van der Waals surface area (Å²) in [4.78, 5) is 0.171. The summed E-state index contributed by atoms with van der Waals surface area (Å²) in [7, 11) is -3.75. The average molecular weight is 302 g/mol. The molecule has 0 bridgehead atoms. The van der Waals surface area contributed by atoms with Gasteiger partial charge in [-0.1, -0.05) is 43.2 Å². The Hall–Kier alpha value is -1.81. The predicted octanol–water partition coefficient (Wildman–Crippen LogP) is 4.11. The first-order valence-corrected chi connectivity index (χ1v) is 8.65. The van der Waals surface area contributed by atoms with Crippen molar-refractivity contribution < 1.29 is 12.6 Å². The van der Waals surface area contributed by atoms with Gasteiger partial charge in [-0.25, -0.2) is 0 Å². The van der Waals surface area contributed by atoms with Crippen LogP contribution in [0.2, 0.25) is 0 Å². The zero-order valence-electron chi connectivity index (χ0n) is 11.7. The maximum absolute atomic E-state index is 12.1. The van der Waals surface area contributed by atoms with E-state index in [4.69, 9.17) is 4.18 Å². The van der Waals surface area contributed by atoms with E-state index < -0.39 is 10.1 Å². The molecule has 3 rings (SSSR count). The van der Waals surface area contributed by atoms with Crippen molar-refractivity contribution >= 4 is 10.1 Å². The van der Waals surface area contributed by atoms with E-state index in [0.717, 1.165) is 0 Å². The van der Waals surface area contributed by atoms with E-state index in [9.17, 15) is 8.42 Å². The highest BCUT2D eigenvalue weighted by molar-refractivity contribution is 7.87. The Balaban J connectivity index is 1.76. The maximum Gasteiger partial charge on any atom is 0.339 e. The van der Waals surface area contributed by atoms with Gasteiger partial charge in [-0.05, 0) is 48.6 Å². The van der Waals surface area contributed by atoms with Crippen molar-refractivity contribution in [2.75, 3.05) is 0 Å². The predicted molar refractivity (Wildman–Crippen MR) is 81.9 cm³/mol. The summed E-state index contributed by atoms with van der Waals surface area (Å²) in [6, 6.07) is 15.6. The molecule has 2 aromatic carbocycles. The lowest BCUT2D eigenvalue weighted by atomic mass is 9.98. The second-order valence-corrected chi connectivity index (χ2v) is 6.95. The minimum Gasteiger partial charge on any atom is -0.379 e. The van der Waals surface area contributed by atoms with E-state index in [1.165, 1.54) is 43.4 Å². The third kappa shape index (κ3) is 3.27. The largest absolute Gasteiger partial charge is 0.379 e. The molecule has 1 fully saturated rings. The first-order valence-electron chi connectivity index (χ1n) is 7.25. The second-order valence-electron chi connectivity index (χ2n) is 5.40. The highest BCUT2D eigenvalue weighted by Gasteiger charge is 2.18. The van der Waals surface area contributed by atoms with Gasteiger partial charge < -0.3 is 4.18 Å². The molecular formula is C17H18O3S. The molecule has 3 nitrogen and oxygen atoms in total. The SMILES string of the molecule is O=S(=O)(Oc1ccc(C2CCCC2)cc1)c1ccccc1. The lowest BCUT2D eigenvalue weighted by molar-refractivity contribution is 0.486. The normalized spacial score (nSPS) is 16.0. The van der Waals surface area contributed by atoms with Crippen molar-refractivity contribution in [3.05, 3.63) is 60.2 Å².